The molecule has 2 aliphatic heterocycles. The van der Waals surface area contributed by atoms with Gasteiger partial charge in [0, 0.05) is 32.2 Å². The van der Waals surface area contributed by atoms with Crippen LogP contribution in [0.3, 0.4) is 0 Å². The van der Waals surface area contributed by atoms with E-state index in [0.29, 0.717) is 6.54 Å². The Morgan fingerprint density at radius 3 is 2.40 bits per heavy atom. The zero-order valence-electron chi connectivity index (χ0n) is 13.5. The van der Waals surface area contributed by atoms with Crippen LogP contribution in [0.4, 0.5) is 0 Å². The van der Waals surface area contributed by atoms with Gasteiger partial charge in [0.1, 0.15) is 0 Å². The minimum Gasteiger partial charge on any atom is -0.368 e. The summed E-state index contributed by atoms with van der Waals surface area (Å²) >= 11 is 0. The van der Waals surface area contributed by atoms with Crippen LogP contribution in [0, 0.1) is 0 Å². The number of nitrogens with one attached hydrogen (secondary N) is 1. The molecule has 2 saturated heterocycles. The summed E-state index contributed by atoms with van der Waals surface area (Å²) in [5.41, 5.74) is -0.317. The number of piperazine rings is 1. The van der Waals surface area contributed by atoms with E-state index in [9.17, 15) is 4.79 Å². The molecule has 0 radical (unpaired) electrons. The second-order valence-corrected chi connectivity index (χ2v) is 7.23. The quantitative estimate of drug-likeness (QED) is 0.828. The van der Waals surface area contributed by atoms with Crippen molar-refractivity contribution in [1.29, 1.82) is 0 Å². The fraction of sp³-hybridized carbons (Fsp3) is 0.933. The van der Waals surface area contributed by atoms with Gasteiger partial charge in [-0.2, -0.15) is 0 Å². The number of hydrogen-bond acceptors (Lipinski definition) is 4. The Labute approximate surface area is 122 Å². The second kappa shape index (κ2) is 5.62. The first-order chi connectivity index (χ1) is 9.21. The molecule has 20 heavy (non-hydrogen) atoms. The van der Waals surface area contributed by atoms with Crippen LogP contribution >= 0.6 is 0 Å². The van der Waals surface area contributed by atoms with Crippen LogP contribution in [0.15, 0.2) is 0 Å². The maximum Gasteiger partial charge on any atom is 0.236 e. The molecule has 1 N–H and O–H groups in total. The molecule has 0 spiro atoms. The third kappa shape index (κ3) is 3.51. The molecule has 2 rings (SSSR count). The highest BCUT2D eigenvalue weighted by Gasteiger charge is 2.47. The lowest BCUT2D eigenvalue weighted by atomic mass is 9.93. The number of carbonyl (C=O) groups is 1. The number of ether oxygens (including phenoxy) is 1. The molecule has 0 aliphatic carbocycles. The van der Waals surface area contributed by atoms with E-state index >= 15 is 0 Å². The van der Waals surface area contributed by atoms with Crippen molar-refractivity contribution in [3.05, 3.63) is 0 Å². The lowest BCUT2D eigenvalue weighted by molar-refractivity contribution is -0.134. The Hall–Kier alpha value is -0.650. The van der Waals surface area contributed by atoms with Crippen molar-refractivity contribution in [2.24, 2.45) is 0 Å². The van der Waals surface area contributed by atoms with Gasteiger partial charge >= 0.3 is 0 Å². The number of likely N-dealkylation sites (N-methyl/N-ethyl adjacent to an activating group) is 1. The maximum atomic E-state index is 12.4. The van der Waals surface area contributed by atoms with Gasteiger partial charge in [0.25, 0.3) is 0 Å². The Bertz CT molecular complexity index is 362. The first kappa shape index (κ1) is 15.7. The van der Waals surface area contributed by atoms with Crippen LogP contribution in [0.5, 0.6) is 0 Å². The summed E-state index contributed by atoms with van der Waals surface area (Å²) in [4.78, 5) is 16.5. The molecule has 0 aromatic carbocycles. The molecule has 0 bridgehead atoms. The normalized spacial score (nSPS) is 28.9. The van der Waals surface area contributed by atoms with Gasteiger partial charge in [-0.3, -0.25) is 9.69 Å². The third-order valence-corrected chi connectivity index (χ3v) is 4.41. The topological polar surface area (TPSA) is 44.8 Å². The van der Waals surface area contributed by atoms with Crippen molar-refractivity contribution in [2.75, 3.05) is 39.8 Å². The van der Waals surface area contributed by atoms with Crippen LogP contribution in [0.2, 0.25) is 0 Å². The largest absolute Gasteiger partial charge is 0.368 e. The first-order valence-electron chi connectivity index (χ1n) is 7.60. The van der Waals surface area contributed by atoms with Gasteiger partial charge in [-0.1, -0.05) is 0 Å². The molecule has 2 heterocycles. The summed E-state index contributed by atoms with van der Waals surface area (Å²) in [5.74, 6) is 0.231. The van der Waals surface area contributed by atoms with Gasteiger partial charge in [0.05, 0.1) is 17.7 Å². The van der Waals surface area contributed by atoms with E-state index in [2.05, 4.69) is 37.9 Å². The summed E-state index contributed by atoms with van der Waals surface area (Å²) in [5, 5.41) is 3.27. The summed E-state index contributed by atoms with van der Waals surface area (Å²) in [6.45, 7) is 12.4. The average molecular weight is 283 g/mol. The highest BCUT2D eigenvalue weighted by Crippen LogP contribution is 2.39. The Morgan fingerprint density at radius 2 is 1.90 bits per heavy atom. The summed E-state index contributed by atoms with van der Waals surface area (Å²) in [7, 11) is 2.04. The zero-order chi connectivity index (χ0) is 15.0. The summed E-state index contributed by atoms with van der Waals surface area (Å²) in [6.07, 6.45) is 0.964. The minimum absolute atomic E-state index is 0.111. The van der Waals surface area contributed by atoms with Crippen LogP contribution in [0.25, 0.3) is 0 Å². The highest BCUT2D eigenvalue weighted by molar-refractivity contribution is 5.78. The molecule has 2 fully saturated rings. The van der Waals surface area contributed by atoms with E-state index in [1.54, 1.807) is 0 Å². The molecule has 1 unspecified atom stereocenters. The van der Waals surface area contributed by atoms with Crippen LogP contribution in [-0.2, 0) is 9.53 Å². The van der Waals surface area contributed by atoms with E-state index in [1.807, 2.05) is 11.9 Å². The molecular weight excluding hydrogens is 254 g/mol. The molecule has 0 aromatic rings. The SMILES string of the molecule is CN(CC(=O)N1CCNCC1)C1CC(C)(C)OC1(C)C. The van der Waals surface area contributed by atoms with Gasteiger partial charge in [-0.05, 0) is 41.2 Å². The molecule has 5 heteroatoms. The Kier molecular flexibility index (Phi) is 4.42. The van der Waals surface area contributed by atoms with E-state index in [4.69, 9.17) is 4.74 Å². The number of rotatable bonds is 3. The predicted molar refractivity (Wildman–Crippen MR) is 79.7 cm³/mol. The van der Waals surface area contributed by atoms with Gasteiger partial charge in [-0.25, -0.2) is 0 Å². The summed E-state index contributed by atoms with van der Waals surface area (Å²) in [6, 6.07) is 0.282. The maximum absolute atomic E-state index is 12.4. The van der Waals surface area contributed by atoms with Crippen LogP contribution in [-0.4, -0.2) is 72.7 Å². The second-order valence-electron chi connectivity index (χ2n) is 7.23. The monoisotopic (exact) mass is 283 g/mol. The number of hydrogen-bond donors (Lipinski definition) is 1. The van der Waals surface area contributed by atoms with E-state index in [1.165, 1.54) is 0 Å². The predicted octanol–water partition coefficient (Wildman–Crippen LogP) is 0.696. The molecular formula is C15H29N3O2. The van der Waals surface area contributed by atoms with E-state index < -0.39 is 0 Å². The molecule has 116 valence electrons. The smallest absolute Gasteiger partial charge is 0.236 e. The number of nitrogens with zero attached hydrogens (tertiary/aromatic N) is 2. The molecule has 0 aromatic heterocycles. The lowest BCUT2D eigenvalue weighted by Crippen LogP contribution is -2.52. The zero-order valence-corrected chi connectivity index (χ0v) is 13.5. The van der Waals surface area contributed by atoms with E-state index in [0.717, 1.165) is 32.6 Å². The standard InChI is InChI=1S/C15H29N3O2/c1-14(2)10-12(15(3,4)20-14)17(5)11-13(19)18-8-6-16-7-9-18/h12,16H,6-11H2,1-5H3. The van der Waals surface area contributed by atoms with Crippen molar-refractivity contribution in [2.45, 2.75) is 51.4 Å². The highest BCUT2D eigenvalue weighted by atomic mass is 16.5. The molecule has 1 amide bonds. The molecule has 1 atom stereocenters. The van der Waals surface area contributed by atoms with Crippen molar-refractivity contribution in [3.8, 4) is 0 Å². The van der Waals surface area contributed by atoms with Gasteiger partial charge in [0.15, 0.2) is 0 Å². The van der Waals surface area contributed by atoms with Crippen LogP contribution in [0.1, 0.15) is 34.1 Å². The van der Waals surface area contributed by atoms with Crippen molar-refractivity contribution in [1.82, 2.24) is 15.1 Å². The number of carbonyl (C=O) groups excluding carboxylic acids is 1. The first-order valence-corrected chi connectivity index (χ1v) is 7.60. The summed E-state index contributed by atoms with van der Waals surface area (Å²) < 4.78 is 6.12. The van der Waals surface area contributed by atoms with Gasteiger partial charge in [-0.15, -0.1) is 0 Å². The lowest BCUT2D eigenvalue weighted by Gasteiger charge is -2.35. The van der Waals surface area contributed by atoms with Crippen molar-refractivity contribution >= 4 is 5.91 Å². The molecule has 0 saturated carbocycles. The molecule has 5 nitrogen and oxygen atoms in total. The number of amides is 1. The van der Waals surface area contributed by atoms with E-state index in [-0.39, 0.29) is 23.2 Å². The fourth-order valence-electron chi connectivity index (χ4n) is 3.56. The minimum atomic E-state index is -0.206. The van der Waals surface area contributed by atoms with Gasteiger partial charge in [0.2, 0.25) is 5.91 Å². The van der Waals surface area contributed by atoms with Crippen LogP contribution < -0.4 is 5.32 Å². The third-order valence-electron chi connectivity index (χ3n) is 4.41. The fourth-order valence-corrected chi connectivity index (χ4v) is 3.56. The van der Waals surface area contributed by atoms with Gasteiger partial charge < -0.3 is 15.0 Å². The van der Waals surface area contributed by atoms with Crippen molar-refractivity contribution in [3.63, 3.8) is 0 Å². The Morgan fingerprint density at radius 1 is 1.30 bits per heavy atom. The Balaban J connectivity index is 1.94. The average Bonchev–Trinajstić information content (AvgIpc) is 2.58. The molecule has 2 aliphatic rings. The van der Waals surface area contributed by atoms with Crippen molar-refractivity contribution < 1.29 is 9.53 Å².